The third-order valence-electron chi connectivity index (χ3n) is 3.25. The predicted molar refractivity (Wildman–Crippen MR) is 77.8 cm³/mol. The molecule has 1 rings (SSSR count). The summed E-state index contributed by atoms with van der Waals surface area (Å²) in [6, 6.07) is 2.20. The number of thiophene rings is 1. The molecule has 0 fully saturated rings. The summed E-state index contributed by atoms with van der Waals surface area (Å²) in [6.07, 6.45) is 1.01. The molecule has 0 radical (unpaired) electrons. The second-order valence-corrected chi connectivity index (χ2v) is 7.01. The Labute approximate surface area is 110 Å². The zero-order valence-corrected chi connectivity index (χ0v) is 12.6. The normalized spacial score (nSPS) is 13.1. The lowest BCUT2D eigenvalue weighted by Gasteiger charge is -2.32. The molecule has 0 atom stereocenters. The highest BCUT2D eigenvalue weighted by atomic mass is 32.1. The third-order valence-corrected chi connectivity index (χ3v) is 4.64. The Balaban J connectivity index is 2.65. The smallest absolute Gasteiger partial charge is 0.0143 e. The SMILES string of the molecule is Cc1ccsc1C(C)(C)CNC(C)(C)CCN. The first-order chi connectivity index (χ1) is 7.78. The fraction of sp³-hybridized carbons (Fsp3) is 0.714. The highest BCUT2D eigenvalue weighted by Crippen LogP contribution is 2.30. The summed E-state index contributed by atoms with van der Waals surface area (Å²) in [5.41, 5.74) is 7.34. The number of nitrogens with two attached hydrogens (primary N) is 1. The molecule has 0 aliphatic carbocycles. The van der Waals surface area contributed by atoms with Gasteiger partial charge < -0.3 is 11.1 Å². The fourth-order valence-corrected chi connectivity index (χ4v) is 3.11. The molecular formula is C14H26N2S. The Hall–Kier alpha value is -0.380. The summed E-state index contributed by atoms with van der Waals surface area (Å²) in [4.78, 5) is 1.48. The number of hydrogen-bond donors (Lipinski definition) is 2. The van der Waals surface area contributed by atoms with Crippen LogP contribution in [0.3, 0.4) is 0 Å². The van der Waals surface area contributed by atoms with Gasteiger partial charge in [0.25, 0.3) is 0 Å². The van der Waals surface area contributed by atoms with Crippen molar-refractivity contribution in [1.82, 2.24) is 5.32 Å². The summed E-state index contributed by atoms with van der Waals surface area (Å²) >= 11 is 1.86. The number of hydrogen-bond acceptors (Lipinski definition) is 3. The van der Waals surface area contributed by atoms with Crippen molar-refractivity contribution in [1.29, 1.82) is 0 Å². The monoisotopic (exact) mass is 254 g/mol. The van der Waals surface area contributed by atoms with E-state index in [4.69, 9.17) is 5.73 Å². The van der Waals surface area contributed by atoms with Crippen molar-refractivity contribution < 1.29 is 0 Å². The maximum atomic E-state index is 5.63. The Morgan fingerprint density at radius 1 is 1.29 bits per heavy atom. The minimum Gasteiger partial charge on any atom is -0.330 e. The van der Waals surface area contributed by atoms with Crippen LogP contribution in [0.25, 0.3) is 0 Å². The van der Waals surface area contributed by atoms with E-state index in [-0.39, 0.29) is 11.0 Å². The van der Waals surface area contributed by atoms with E-state index in [0.29, 0.717) is 0 Å². The molecule has 98 valence electrons. The maximum absolute atomic E-state index is 5.63. The largest absolute Gasteiger partial charge is 0.330 e. The lowest BCUT2D eigenvalue weighted by atomic mass is 9.87. The van der Waals surface area contributed by atoms with Gasteiger partial charge in [-0.3, -0.25) is 0 Å². The standard InChI is InChI=1S/C14H26N2S/c1-11-6-9-17-12(11)13(2,3)10-16-14(4,5)7-8-15/h6,9,16H,7-8,10,15H2,1-5H3. The Morgan fingerprint density at radius 3 is 2.41 bits per heavy atom. The second kappa shape index (κ2) is 5.51. The van der Waals surface area contributed by atoms with Gasteiger partial charge in [0.2, 0.25) is 0 Å². The summed E-state index contributed by atoms with van der Waals surface area (Å²) in [7, 11) is 0. The van der Waals surface area contributed by atoms with Gasteiger partial charge in [-0.1, -0.05) is 13.8 Å². The van der Waals surface area contributed by atoms with Crippen LogP contribution in [0.15, 0.2) is 11.4 Å². The third kappa shape index (κ3) is 4.09. The molecule has 3 N–H and O–H groups in total. The maximum Gasteiger partial charge on any atom is 0.0143 e. The van der Waals surface area contributed by atoms with Crippen molar-refractivity contribution in [3.8, 4) is 0 Å². The number of aryl methyl sites for hydroxylation is 1. The summed E-state index contributed by atoms with van der Waals surface area (Å²) in [5, 5.41) is 5.82. The van der Waals surface area contributed by atoms with Crippen molar-refractivity contribution in [2.45, 2.75) is 52.0 Å². The molecule has 17 heavy (non-hydrogen) atoms. The van der Waals surface area contributed by atoms with Gasteiger partial charge in [-0.25, -0.2) is 0 Å². The first-order valence-electron chi connectivity index (χ1n) is 6.28. The summed E-state index contributed by atoms with van der Waals surface area (Å²) in [5.74, 6) is 0. The molecule has 0 aliphatic heterocycles. The van der Waals surface area contributed by atoms with Crippen LogP contribution in [0.2, 0.25) is 0 Å². The van der Waals surface area contributed by atoms with Gasteiger partial charge in [0, 0.05) is 22.4 Å². The van der Waals surface area contributed by atoms with Crippen LogP contribution >= 0.6 is 11.3 Å². The molecule has 1 aromatic rings. The Morgan fingerprint density at radius 2 is 1.94 bits per heavy atom. The molecule has 3 heteroatoms. The van der Waals surface area contributed by atoms with E-state index in [1.807, 2.05) is 11.3 Å². The minimum absolute atomic E-state index is 0.122. The quantitative estimate of drug-likeness (QED) is 0.819. The van der Waals surface area contributed by atoms with E-state index in [9.17, 15) is 0 Å². The summed E-state index contributed by atoms with van der Waals surface area (Å²) in [6.45, 7) is 13.0. The molecule has 0 aliphatic rings. The molecule has 0 saturated heterocycles. The topological polar surface area (TPSA) is 38.0 Å². The molecule has 2 nitrogen and oxygen atoms in total. The number of nitrogens with one attached hydrogen (secondary N) is 1. The van der Waals surface area contributed by atoms with Crippen molar-refractivity contribution in [3.63, 3.8) is 0 Å². The van der Waals surface area contributed by atoms with Crippen LogP contribution in [-0.2, 0) is 5.41 Å². The highest BCUT2D eigenvalue weighted by Gasteiger charge is 2.26. The van der Waals surface area contributed by atoms with Crippen molar-refractivity contribution in [2.75, 3.05) is 13.1 Å². The summed E-state index contributed by atoms with van der Waals surface area (Å²) < 4.78 is 0. The molecule has 0 bridgehead atoms. The zero-order valence-electron chi connectivity index (χ0n) is 11.8. The average molecular weight is 254 g/mol. The lowest BCUT2D eigenvalue weighted by Crippen LogP contribution is -2.46. The van der Waals surface area contributed by atoms with Crippen LogP contribution in [0.1, 0.15) is 44.6 Å². The van der Waals surface area contributed by atoms with Crippen LogP contribution in [0.5, 0.6) is 0 Å². The Bertz CT molecular complexity index is 353. The highest BCUT2D eigenvalue weighted by molar-refractivity contribution is 7.10. The van der Waals surface area contributed by atoms with Crippen LogP contribution < -0.4 is 11.1 Å². The van der Waals surface area contributed by atoms with Gasteiger partial charge in [-0.05, 0) is 50.7 Å². The fourth-order valence-electron chi connectivity index (χ4n) is 2.06. The molecule has 0 saturated carbocycles. The van der Waals surface area contributed by atoms with Gasteiger partial charge >= 0.3 is 0 Å². The van der Waals surface area contributed by atoms with Crippen molar-refractivity contribution in [3.05, 3.63) is 21.9 Å². The van der Waals surface area contributed by atoms with Gasteiger partial charge in [-0.15, -0.1) is 11.3 Å². The first kappa shape index (κ1) is 14.7. The predicted octanol–water partition coefficient (Wildman–Crippen LogP) is 3.05. The molecule has 0 amide bonds. The average Bonchev–Trinajstić information content (AvgIpc) is 2.63. The zero-order chi connectivity index (χ0) is 13.1. The van der Waals surface area contributed by atoms with E-state index >= 15 is 0 Å². The molecule has 1 heterocycles. The van der Waals surface area contributed by atoms with Gasteiger partial charge in [-0.2, -0.15) is 0 Å². The van der Waals surface area contributed by atoms with Gasteiger partial charge in [0.05, 0.1) is 0 Å². The molecule has 0 aromatic carbocycles. The second-order valence-electron chi connectivity index (χ2n) is 6.09. The first-order valence-corrected chi connectivity index (χ1v) is 7.16. The number of rotatable bonds is 6. The minimum atomic E-state index is 0.122. The van der Waals surface area contributed by atoms with E-state index in [1.165, 1.54) is 10.4 Å². The Kier molecular flexibility index (Phi) is 4.76. The van der Waals surface area contributed by atoms with Crippen LogP contribution in [0.4, 0.5) is 0 Å². The van der Waals surface area contributed by atoms with Crippen molar-refractivity contribution in [2.24, 2.45) is 5.73 Å². The lowest BCUT2D eigenvalue weighted by molar-refractivity contribution is 0.327. The van der Waals surface area contributed by atoms with E-state index in [0.717, 1.165) is 19.5 Å². The van der Waals surface area contributed by atoms with Gasteiger partial charge in [0.15, 0.2) is 0 Å². The van der Waals surface area contributed by atoms with Gasteiger partial charge in [0.1, 0.15) is 0 Å². The van der Waals surface area contributed by atoms with Crippen LogP contribution in [-0.4, -0.2) is 18.6 Å². The van der Waals surface area contributed by atoms with Crippen LogP contribution in [0, 0.1) is 6.92 Å². The molecule has 0 unspecified atom stereocenters. The van der Waals surface area contributed by atoms with E-state index in [1.54, 1.807) is 0 Å². The van der Waals surface area contributed by atoms with E-state index < -0.39 is 0 Å². The van der Waals surface area contributed by atoms with E-state index in [2.05, 4.69) is 51.4 Å². The molecule has 1 aromatic heterocycles. The molecule has 0 spiro atoms. The van der Waals surface area contributed by atoms with Crippen molar-refractivity contribution >= 4 is 11.3 Å². The molecular weight excluding hydrogens is 228 g/mol.